The van der Waals surface area contributed by atoms with Gasteiger partial charge in [0.25, 0.3) is 0 Å². The number of piperidine rings is 1. The van der Waals surface area contributed by atoms with E-state index in [1.54, 1.807) is 41.5 Å². The number of aliphatic imine (C=N–C) groups is 1. The third-order valence-corrected chi connectivity index (χ3v) is 6.62. The molecule has 41 heavy (non-hydrogen) atoms. The number of carbonyl (C=O) groups excluding carboxylic acids is 2. The molecule has 0 aliphatic carbocycles. The Kier molecular flexibility index (Phi) is 10.8. The first-order valence-corrected chi connectivity index (χ1v) is 14.3. The van der Waals surface area contributed by atoms with Gasteiger partial charge in [0.05, 0.1) is 11.4 Å². The highest BCUT2D eigenvalue weighted by Gasteiger charge is 2.28. The zero-order valence-corrected chi connectivity index (χ0v) is 25.9. The molecule has 1 aliphatic heterocycles. The monoisotopic (exact) mass is 566 g/mol. The number of hydrogen-bond donors (Lipinski definition) is 1. The number of pyridine rings is 2. The number of nitrogens with zero attached hydrogens (tertiary/aromatic N) is 5. The molecule has 0 bridgehead atoms. The van der Waals surface area contributed by atoms with Gasteiger partial charge in [-0.2, -0.15) is 0 Å². The van der Waals surface area contributed by atoms with Crippen molar-refractivity contribution in [2.24, 2.45) is 10.9 Å². The Morgan fingerprint density at radius 2 is 1.44 bits per heavy atom. The molecule has 10 nitrogen and oxygen atoms in total. The minimum Gasteiger partial charge on any atom is -0.444 e. The van der Waals surface area contributed by atoms with Crippen molar-refractivity contribution in [2.75, 3.05) is 19.6 Å². The van der Waals surface area contributed by atoms with E-state index in [0.717, 1.165) is 43.9 Å². The maximum atomic E-state index is 12.6. The number of aryl methyl sites for hydroxylation is 2. The Bertz CT molecular complexity index is 1160. The number of amides is 2. The van der Waals surface area contributed by atoms with Crippen LogP contribution in [0.1, 0.15) is 76.9 Å². The Morgan fingerprint density at radius 1 is 0.927 bits per heavy atom. The third-order valence-electron chi connectivity index (χ3n) is 6.62. The molecule has 1 fully saturated rings. The molecule has 3 rings (SSSR count). The smallest absolute Gasteiger partial charge is 0.437 e. The molecule has 0 atom stereocenters. The number of guanidine groups is 1. The highest BCUT2D eigenvalue weighted by atomic mass is 16.6. The number of likely N-dealkylation sites (tertiary alicyclic amines) is 1. The fourth-order valence-electron chi connectivity index (χ4n) is 4.61. The molecule has 1 N–H and O–H groups in total. The van der Waals surface area contributed by atoms with Gasteiger partial charge in [-0.25, -0.2) is 9.59 Å². The summed E-state index contributed by atoms with van der Waals surface area (Å²) in [5, 5.41) is 2.68. The second-order valence-corrected chi connectivity index (χ2v) is 12.7. The molecular weight excluding hydrogens is 520 g/mol. The van der Waals surface area contributed by atoms with Crippen LogP contribution in [0, 0.1) is 19.8 Å². The molecule has 1 aliphatic rings. The first-order valence-electron chi connectivity index (χ1n) is 14.3. The topological polar surface area (TPSA) is 109 Å². The van der Waals surface area contributed by atoms with Crippen LogP contribution in [-0.2, 0) is 22.6 Å². The average molecular weight is 567 g/mol. The summed E-state index contributed by atoms with van der Waals surface area (Å²) in [7, 11) is 0. The quantitative estimate of drug-likeness (QED) is 0.354. The van der Waals surface area contributed by atoms with Crippen LogP contribution < -0.4 is 5.32 Å². The molecule has 2 aromatic heterocycles. The van der Waals surface area contributed by atoms with Crippen LogP contribution in [0.2, 0.25) is 0 Å². The van der Waals surface area contributed by atoms with Crippen molar-refractivity contribution in [1.82, 2.24) is 25.1 Å². The van der Waals surface area contributed by atoms with Crippen LogP contribution in [0.3, 0.4) is 0 Å². The van der Waals surface area contributed by atoms with Gasteiger partial charge in [-0.05, 0) is 97.4 Å². The van der Waals surface area contributed by atoms with E-state index in [2.05, 4.69) is 51.2 Å². The molecule has 2 aromatic rings. The van der Waals surface area contributed by atoms with Gasteiger partial charge in [-0.15, -0.1) is 4.99 Å². The molecule has 0 unspecified atom stereocenters. The average Bonchev–Trinajstić information content (AvgIpc) is 2.84. The van der Waals surface area contributed by atoms with Crippen molar-refractivity contribution in [3.05, 3.63) is 59.2 Å². The van der Waals surface area contributed by atoms with E-state index in [4.69, 9.17) is 9.47 Å². The highest BCUT2D eigenvalue weighted by molar-refractivity contribution is 5.99. The summed E-state index contributed by atoms with van der Waals surface area (Å²) in [5.41, 5.74) is 3.07. The predicted octanol–water partition coefficient (Wildman–Crippen LogP) is 5.62. The van der Waals surface area contributed by atoms with Crippen LogP contribution >= 0.6 is 0 Å². The van der Waals surface area contributed by atoms with Gasteiger partial charge in [-0.3, -0.25) is 20.2 Å². The van der Waals surface area contributed by atoms with Crippen molar-refractivity contribution in [3.63, 3.8) is 0 Å². The van der Waals surface area contributed by atoms with Gasteiger partial charge in [0.15, 0.2) is 0 Å². The van der Waals surface area contributed by atoms with E-state index >= 15 is 0 Å². The summed E-state index contributed by atoms with van der Waals surface area (Å²) >= 11 is 0. The van der Waals surface area contributed by atoms with Crippen molar-refractivity contribution < 1.29 is 19.1 Å². The summed E-state index contributed by atoms with van der Waals surface area (Å²) in [6, 6.07) is 8.11. The molecule has 0 radical (unpaired) electrons. The van der Waals surface area contributed by atoms with Crippen molar-refractivity contribution in [2.45, 2.75) is 92.5 Å². The van der Waals surface area contributed by atoms with Gasteiger partial charge in [0, 0.05) is 45.1 Å². The third kappa shape index (κ3) is 11.1. The number of hydrogen-bond acceptors (Lipinski definition) is 7. The van der Waals surface area contributed by atoms with Crippen molar-refractivity contribution >= 4 is 18.1 Å². The lowest BCUT2D eigenvalue weighted by Gasteiger charge is -2.36. The van der Waals surface area contributed by atoms with E-state index in [0.29, 0.717) is 19.0 Å². The number of rotatable bonds is 6. The zero-order valence-electron chi connectivity index (χ0n) is 25.9. The molecule has 3 heterocycles. The zero-order chi connectivity index (χ0) is 30.2. The van der Waals surface area contributed by atoms with Gasteiger partial charge < -0.3 is 14.4 Å². The lowest BCUT2D eigenvalue weighted by molar-refractivity contribution is 0.0551. The summed E-state index contributed by atoms with van der Waals surface area (Å²) in [6.45, 7) is 18.5. The Labute approximate surface area is 244 Å². The fraction of sp³-hybridized carbons (Fsp3) is 0.581. The Hall–Kier alpha value is -3.53. The van der Waals surface area contributed by atoms with Gasteiger partial charge >= 0.3 is 12.2 Å². The minimum absolute atomic E-state index is 0.150. The second kappa shape index (κ2) is 13.9. The molecule has 0 saturated carbocycles. The van der Waals surface area contributed by atoms with E-state index in [1.165, 1.54) is 11.1 Å². The first-order chi connectivity index (χ1) is 19.2. The van der Waals surface area contributed by atoms with Crippen LogP contribution in [0.15, 0.2) is 41.7 Å². The van der Waals surface area contributed by atoms with Gasteiger partial charge in [0.2, 0.25) is 5.96 Å². The van der Waals surface area contributed by atoms with E-state index in [1.807, 2.05) is 29.4 Å². The number of alkyl carbamates (subject to hydrolysis) is 1. The fourth-order valence-corrected chi connectivity index (χ4v) is 4.61. The standard InChI is InChI=1S/C31H46N6O4/c1-22-11-9-15-32-25(22)20-36(21-26-23(2)12-10-16-33-26)19-24-13-17-37(18-14-24)27(34-28(38)40-30(3,4)5)35-29(39)41-31(6,7)8/h9-12,15-16,24H,13-14,17-21H2,1-8H3,(H,34,35,38,39). The number of aromatic nitrogens is 2. The number of ether oxygens (including phenoxy) is 2. The van der Waals surface area contributed by atoms with Crippen molar-refractivity contribution in [3.8, 4) is 0 Å². The van der Waals surface area contributed by atoms with Crippen LogP contribution in [0.5, 0.6) is 0 Å². The maximum Gasteiger partial charge on any atom is 0.437 e. The van der Waals surface area contributed by atoms with Gasteiger partial charge in [0.1, 0.15) is 11.2 Å². The SMILES string of the molecule is Cc1cccnc1CN(Cc1ncccc1C)CC1CCN(C(=NC(=O)OC(C)(C)C)NC(=O)OC(C)(C)C)CC1. The largest absolute Gasteiger partial charge is 0.444 e. The number of carbonyl (C=O) groups is 2. The normalized spacial score (nSPS) is 15.1. The summed E-state index contributed by atoms with van der Waals surface area (Å²) < 4.78 is 10.8. The molecular formula is C31H46N6O4. The Balaban J connectivity index is 1.72. The van der Waals surface area contributed by atoms with Crippen LogP contribution in [-0.4, -0.2) is 68.8 Å². The molecule has 0 aromatic carbocycles. The molecule has 1 saturated heterocycles. The Morgan fingerprint density at radius 3 is 1.90 bits per heavy atom. The van der Waals surface area contributed by atoms with Crippen molar-refractivity contribution in [1.29, 1.82) is 0 Å². The second-order valence-electron chi connectivity index (χ2n) is 12.7. The number of nitrogens with one attached hydrogen (secondary N) is 1. The summed E-state index contributed by atoms with van der Waals surface area (Å²) in [6.07, 6.45) is 3.99. The lowest BCUT2D eigenvalue weighted by atomic mass is 9.96. The van der Waals surface area contributed by atoms with E-state index in [-0.39, 0.29) is 5.96 Å². The molecule has 10 heteroatoms. The molecule has 0 spiro atoms. The molecule has 224 valence electrons. The predicted molar refractivity (Wildman–Crippen MR) is 159 cm³/mol. The minimum atomic E-state index is -0.756. The van der Waals surface area contributed by atoms with E-state index in [9.17, 15) is 9.59 Å². The lowest BCUT2D eigenvalue weighted by Crippen LogP contribution is -2.50. The molecule has 2 amide bonds. The van der Waals surface area contributed by atoms with Gasteiger partial charge in [-0.1, -0.05) is 12.1 Å². The summed E-state index contributed by atoms with van der Waals surface area (Å²) in [4.78, 5) is 42.8. The highest BCUT2D eigenvalue weighted by Crippen LogP contribution is 2.22. The maximum absolute atomic E-state index is 12.6. The van der Waals surface area contributed by atoms with E-state index < -0.39 is 23.4 Å². The van der Waals surface area contributed by atoms with Crippen LogP contribution in [0.4, 0.5) is 9.59 Å². The summed E-state index contributed by atoms with van der Waals surface area (Å²) in [5.74, 6) is 0.556. The van der Waals surface area contributed by atoms with Crippen LogP contribution in [0.25, 0.3) is 0 Å². The first kappa shape index (κ1) is 32.0.